The van der Waals surface area contributed by atoms with Crippen LogP contribution in [0.4, 0.5) is 9.59 Å². The summed E-state index contributed by atoms with van der Waals surface area (Å²) in [5.41, 5.74) is 0.615. The third kappa shape index (κ3) is 4.66. The molecule has 8 heteroatoms. The van der Waals surface area contributed by atoms with Gasteiger partial charge in [0.1, 0.15) is 0 Å². The maximum atomic E-state index is 11.3. The summed E-state index contributed by atoms with van der Waals surface area (Å²) >= 11 is 3.50. The van der Waals surface area contributed by atoms with E-state index in [4.69, 9.17) is 9.84 Å². The van der Waals surface area contributed by atoms with Crippen molar-refractivity contribution in [3.05, 3.63) is 15.9 Å². The molecule has 0 saturated heterocycles. The molecule has 0 bridgehead atoms. The van der Waals surface area contributed by atoms with E-state index in [1.165, 1.54) is 0 Å². The van der Waals surface area contributed by atoms with Crippen LogP contribution >= 0.6 is 15.9 Å². The van der Waals surface area contributed by atoms with Gasteiger partial charge in [-0.25, -0.2) is 9.59 Å². The van der Waals surface area contributed by atoms with Gasteiger partial charge in [-0.3, -0.25) is 0 Å². The molecule has 1 heterocycles. The van der Waals surface area contributed by atoms with Gasteiger partial charge in [0.25, 0.3) is 0 Å². The van der Waals surface area contributed by atoms with E-state index >= 15 is 0 Å². The Labute approximate surface area is 137 Å². The third-order valence-electron chi connectivity index (χ3n) is 2.60. The van der Waals surface area contributed by atoms with Crippen molar-refractivity contribution in [3.8, 4) is 6.01 Å². The Morgan fingerprint density at radius 1 is 1.00 bits per heavy atom. The quantitative estimate of drug-likeness (QED) is 0.584. The number of aromatic nitrogens is 2. The van der Waals surface area contributed by atoms with E-state index in [2.05, 4.69) is 30.6 Å². The summed E-state index contributed by atoms with van der Waals surface area (Å²) in [5.74, 6) is 0. The van der Waals surface area contributed by atoms with Crippen molar-refractivity contribution in [2.24, 2.45) is 0 Å². The first-order chi connectivity index (χ1) is 9.82. The molecule has 0 atom stereocenters. The first-order valence-corrected chi connectivity index (χ1v) is 7.32. The summed E-state index contributed by atoms with van der Waals surface area (Å²) in [5, 5.41) is 8.40. The molecule has 0 aliphatic carbocycles. The largest absolute Gasteiger partial charge is 0.526 e. The number of carbonyl (C=O) groups excluding carboxylic acids is 1. The Balaban J connectivity index is 3.36. The highest BCUT2D eigenvalue weighted by Gasteiger charge is 2.29. The molecule has 7 nitrogen and oxygen atoms in total. The van der Waals surface area contributed by atoms with Crippen molar-refractivity contribution in [2.45, 2.75) is 52.4 Å². The molecule has 122 valence electrons. The smallest absolute Gasteiger partial charge is 0.449 e. The maximum absolute atomic E-state index is 11.3. The topological polar surface area (TPSA) is 98.6 Å². The summed E-state index contributed by atoms with van der Waals surface area (Å²) in [6.07, 6.45) is -3.15. The molecule has 0 aliphatic heterocycles. The highest BCUT2D eigenvalue weighted by atomic mass is 79.9. The minimum absolute atomic E-state index is 0.246. The maximum Gasteiger partial charge on any atom is 0.526 e. The predicted octanol–water partition coefficient (Wildman–Crippen LogP) is 4.03. The fourth-order valence-electron chi connectivity index (χ4n) is 1.63. The SMILES string of the molecule is CC(C)(C)c1nc(OC(=O)OC(=O)O)nc(C(C)(C)C)c1Br. The second-order valence-corrected chi connectivity index (χ2v) is 7.53. The normalized spacial score (nSPS) is 12.0. The monoisotopic (exact) mass is 374 g/mol. The molecule has 0 unspecified atom stereocenters. The van der Waals surface area contributed by atoms with Crippen LogP contribution in [-0.4, -0.2) is 27.4 Å². The summed E-state index contributed by atoms with van der Waals surface area (Å²) in [6, 6.07) is -0.246. The van der Waals surface area contributed by atoms with Gasteiger partial charge in [-0.15, -0.1) is 0 Å². The van der Waals surface area contributed by atoms with E-state index < -0.39 is 12.3 Å². The lowest BCUT2D eigenvalue weighted by molar-refractivity contribution is 0.0826. The zero-order valence-electron chi connectivity index (χ0n) is 13.4. The minimum Gasteiger partial charge on any atom is -0.449 e. The molecule has 1 aromatic rings. The molecule has 22 heavy (non-hydrogen) atoms. The summed E-state index contributed by atoms with van der Waals surface area (Å²) < 4.78 is 9.39. The Morgan fingerprint density at radius 2 is 1.41 bits per heavy atom. The van der Waals surface area contributed by atoms with Gasteiger partial charge in [0.15, 0.2) is 0 Å². The fourth-order valence-corrected chi connectivity index (χ4v) is 3.00. The molecule has 0 aromatic carbocycles. The lowest BCUT2D eigenvalue weighted by Crippen LogP contribution is -2.24. The predicted molar refractivity (Wildman–Crippen MR) is 82.3 cm³/mol. The Kier molecular flexibility index (Phi) is 5.17. The van der Waals surface area contributed by atoms with Crippen LogP contribution in [0.15, 0.2) is 4.47 Å². The molecule has 0 amide bonds. The van der Waals surface area contributed by atoms with E-state index in [0.717, 1.165) is 4.47 Å². The minimum atomic E-state index is -1.76. The van der Waals surface area contributed by atoms with Gasteiger partial charge in [0.2, 0.25) is 0 Å². The molecule has 1 rings (SSSR count). The van der Waals surface area contributed by atoms with Crippen LogP contribution in [0.2, 0.25) is 0 Å². The number of halogens is 1. The van der Waals surface area contributed by atoms with Crippen molar-refractivity contribution >= 4 is 28.2 Å². The van der Waals surface area contributed by atoms with Crippen LogP contribution in [0.25, 0.3) is 0 Å². The van der Waals surface area contributed by atoms with Gasteiger partial charge in [-0.05, 0) is 15.9 Å². The number of carbonyl (C=O) groups is 2. The number of nitrogens with zero attached hydrogens (tertiary/aromatic N) is 2. The van der Waals surface area contributed by atoms with Crippen molar-refractivity contribution in [3.63, 3.8) is 0 Å². The van der Waals surface area contributed by atoms with Crippen molar-refractivity contribution < 1.29 is 24.2 Å². The van der Waals surface area contributed by atoms with Crippen LogP contribution in [0.3, 0.4) is 0 Å². The Bertz CT molecular complexity index is 567. The third-order valence-corrected chi connectivity index (χ3v) is 3.35. The first kappa shape index (κ1) is 18.3. The second kappa shape index (κ2) is 6.20. The molecule has 1 N–H and O–H groups in total. The van der Waals surface area contributed by atoms with Crippen molar-refractivity contribution in [2.75, 3.05) is 0 Å². The average molecular weight is 375 g/mol. The van der Waals surface area contributed by atoms with Crippen molar-refractivity contribution in [1.82, 2.24) is 9.97 Å². The highest BCUT2D eigenvalue weighted by molar-refractivity contribution is 9.10. The van der Waals surface area contributed by atoms with Crippen LogP contribution in [0, 0.1) is 0 Å². The second-order valence-electron chi connectivity index (χ2n) is 6.74. The Morgan fingerprint density at radius 3 is 1.73 bits per heavy atom. The van der Waals surface area contributed by atoms with Crippen LogP contribution in [-0.2, 0) is 15.6 Å². The zero-order valence-corrected chi connectivity index (χ0v) is 14.9. The molecule has 0 aliphatic rings. The van der Waals surface area contributed by atoms with E-state index in [1.807, 2.05) is 41.5 Å². The molecule has 0 fully saturated rings. The van der Waals surface area contributed by atoms with E-state index in [0.29, 0.717) is 11.4 Å². The molecule has 0 radical (unpaired) electrons. The first-order valence-electron chi connectivity index (χ1n) is 6.53. The summed E-state index contributed by atoms with van der Waals surface area (Å²) in [4.78, 5) is 30.0. The molecule has 0 saturated carbocycles. The molecule has 1 aromatic heterocycles. The summed E-state index contributed by atoms with van der Waals surface area (Å²) in [7, 11) is 0. The van der Waals surface area contributed by atoms with Gasteiger partial charge in [0.05, 0.1) is 15.9 Å². The summed E-state index contributed by atoms with van der Waals surface area (Å²) in [6.45, 7) is 11.7. The number of ether oxygens (including phenoxy) is 2. The van der Waals surface area contributed by atoms with Crippen LogP contribution in [0.5, 0.6) is 6.01 Å². The van der Waals surface area contributed by atoms with Gasteiger partial charge < -0.3 is 14.6 Å². The average Bonchev–Trinajstić information content (AvgIpc) is 2.26. The van der Waals surface area contributed by atoms with Crippen molar-refractivity contribution in [1.29, 1.82) is 0 Å². The van der Waals surface area contributed by atoms with Gasteiger partial charge in [0, 0.05) is 10.8 Å². The van der Waals surface area contributed by atoms with Gasteiger partial charge in [-0.1, -0.05) is 41.5 Å². The van der Waals surface area contributed by atoms with Crippen LogP contribution in [0.1, 0.15) is 52.9 Å². The standard InChI is InChI=1S/C14H19BrN2O5/c1-13(2,3)8-7(15)9(14(4,5)6)17-10(16-8)21-12(20)22-11(18)19/h1-6H3,(H,18,19). The van der Waals surface area contributed by atoms with E-state index in [9.17, 15) is 9.59 Å². The molecular weight excluding hydrogens is 356 g/mol. The van der Waals surface area contributed by atoms with E-state index in [1.54, 1.807) is 0 Å². The Hall–Kier alpha value is -1.70. The lowest BCUT2D eigenvalue weighted by atomic mass is 9.86. The lowest BCUT2D eigenvalue weighted by Gasteiger charge is -2.26. The van der Waals surface area contributed by atoms with Gasteiger partial charge in [-0.2, -0.15) is 9.97 Å². The fraction of sp³-hybridized carbons (Fsp3) is 0.571. The van der Waals surface area contributed by atoms with E-state index in [-0.39, 0.29) is 16.8 Å². The molecule has 0 spiro atoms. The number of carboxylic acid groups (broad SMARTS) is 1. The number of hydrogen-bond acceptors (Lipinski definition) is 6. The van der Waals surface area contributed by atoms with Crippen LogP contribution < -0.4 is 4.74 Å². The number of hydrogen-bond donors (Lipinski definition) is 1. The number of rotatable bonds is 1. The zero-order chi connectivity index (χ0) is 17.3. The van der Waals surface area contributed by atoms with Gasteiger partial charge >= 0.3 is 18.3 Å². The highest BCUT2D eigenvalue weighted by Crippen LogP contribution is 2.36. The molecular formula is C14H19BrN2O5.